The lowest BCUT2D eigenvalue weighted by molar-refractivity contribution is -0.115. The maximum absolute atomic E-state index is 12.1. The van der Waals surface area contributed by atoms with Gasteiger partial charge in [0.15, 0.2) is 0 Å². The van der Waals surface area contributed by atoms with Gasteiger partial charge in [0.1, 0.15) is 0 Å². The number of anilines is 1. The van der Waals surface area contributed by atoms with Gasteiger partial charge in [0.25, 0.3) is 0 Å². The highest BCUT2D eigenvalue weighted by Crippen LogP contribution is 2.26. The number of benzene rings is 2. The zero-order chi connectivity index (χ0) is 14.8. The molecule has 0 fully saturated rings. The maximum atomic E-state index is 12.1. The van der Waals surface area contributed by atoms with Gasteiger partial charge in [-0.1, -0.05) is 30.3 Å². The summed E-state index contributed by atoms with van der Waals surface area (Å²) in [7, 11) is 0. The van der Waals surface area contributed by atoms with E-state index in [9.17, 15) is 9.59 Å². The predicted octanol–water partition coefficient (Wildman–Crippen LogP) is 2.80. The first-order valence-electron chi connectivity index (χ1n) is 6.37. The van der Waals surface area contributed by atoms with E-state index in [0.717, 1.165) is 5.56 Å². The molecule has 1 aromatic heterocycles. The molecule has 106 valence electrons. The van der Waals surface area contributed by atoms with Crippen LogP contribution in [-0.2, 0) is 11.2 Å². The van der Waals surface area contributed by atoms with Crippen LogP contribution in [0.4, 0.5) is 5.69 Å². The lowest BCUT2D eigenvalue weighted by Crippen LogP contribution is -2.14. The van der Waals surface area contributed by atoms with E-state index in [4.69, 9.17) is 0 Å². The van der Waals surface area contributed by atoms with E-state index in [1.807, 2.05) is 30.3 Å². The Hall–Kier alpha value is -2.34. The summed E-state index contributed by atoms with van der Waals surface area (Å²) >= 11 is 3.39. The summed E-state index contributed by atoms with van der Waals surface area (Å²) in [6.07, 6.45) is 0.301. The van der Waals surface area contributed by atoms with Gasteiger partial charge in [-0.05, 0) is 33.6 Å². The van der Waals surface area contributed by atoms with E-state index in [0.29, 0.717) is 27.6 Å². The molecule has 0 saturated heterocycles. The van der Waals surface area contributed by atoms with Crippen LogP contribution < -0.4 is 11.0 Å². The second-order valence-electron chi connectivity index (χ2n) is 4.67. The molecule has 1 heterocycles. The molecule has 0 aliphatic carbocycles. The first-order chi connectivity index (χ1) is 10.1. The van der Waals surface area contributed by atoms with Crippen LogP contribution in [0.2, 0.25) is 0 Å². The third-order valence-corrected chi connectivity index (χ3v) is 3.74. The normalized spacial score (nSPS) is 10.7. The summed E-state index contributed by atoms with van der Waals surface area (Å²) in [6, 6.07) is 13.0. The summed E-state index contributed by atoms with van der Waals surface area (Å²) in [5, 5.41) is 2.84. The SMILES string of the molecule is O=C(Cc1ccccc1)Nc1cc2[nH]c(=O)[nH]c2cc1Br. The second kappa shape index (κ2) is 5.57. The number of amides is 1. The largest absolute Gasteiger partial charge is 0.325 e. The molecule has 0 saturated carbocycles. The van der Waals surface area contributed by atoms with Crippen molar-refractivity contribution in [2.75, 3.05) is 5.32 Å². The van der Waals surface area contributed by atoms with Crippen molar-refractivity contribution in [3.8, 4) is 0 Å². The molecule has 0 spiro atoms. The highest BCUT2D eigenvalue weighted by atomic mass is 79.9. The molecule has 3 rings (SSSR count). The molecule has 3 aromatic rings. The van der Waals surface area contributed by atoms with Crippen LogP contribution in [-0.4, -0.2) is 15.9 Å². The number of aromatic nitrogens is 2. The van der Waals surface area contributed by atoms with Crippen molar-refractivity contribution in [1.29, 1.82) is 0 Å². The van der Waals surface area contributed by atoms with Gasteiger partial charge >= 0.3 is 5.69 Å². The molecular weight excluding hydrogens is 334 g/mol. The first-order valence-corrected chi connectivity index (χ1v) is 7.16. The Bertz CT molecular complexity index is 852. The van der Waals surface area contributed by atoms with Gasteiger partial charge in [-0.15, -0.1) is 0 Å². The monoisotopic (exact) mass is 345 g/mol. The number of H-pyrrole nitrogens is 2. The first kappa shape index (κ1) is 13.6. The lowest BCUT2D eigenvalue weighted by Gasteiger charge is -2.07. The molecular formula is C15H12BrN3O2. The topological polar surface area (TPSA) is 77.8 Å². The fourth-order valence-electron chi connectivity index (χ4n) is 2.13. The van der Waals surface area contributed by atoms with Crippen molar-refractivity contribution < 1.29 is 4.79 Å². The summed E-state index contributed by atoms with van der Waals surface area (Å²) in [4.78, 5) is 28.7. The van der Waals surface area contributed by atoms with Crippen LogP contribution in [0.3, 0.4) is 0 Å². The fourth-order valence-corrected chi connectivity index (χ4v) is 2.57. The van der Waals surface area contributed by atoms with Crippen molar-refractivity contribution in [2.24, 2.45) is 0 Å². The fraction of sp³-hybridized carbons (Fsp3) is 0.0667. The minimum absolute atomic E-state index is 0.112. The molecule has 0 radical (unpaired) electrons. The van der Waals surface area contributed by atoms with E-state index < -0.39 is 0 Å². The number of aromatic amines is 2. The summed E-state index contributed by atoms with van der Waals surface area (Å²) in [6.45, 7) is 0. The quantitative estimate of drug-likeness (QED) is 0.682. The van der Waals surface area contributed by atoms with Crippen molar-refractivity contribution >= 4 is 38.6 Å². The Morgan fingerprint density at radius 3 is 2.48 bits per heavy atom. The van der Waals surface area contributed by atoms with E-state index in [1.54, 1.807) is 12.1 Å². The van der Waals surface area contributed by atoms with Crippen LogP contribution in [0, 0.1) is 0 Å². The molecule has 21 heavy (non-hydrogen) atoms. The molecule has 5 nitrogen and oxygen atoms in total. The number of carbonyl (C=O) groups excluding carboxylic acids is 1. The molecule has 0 aliphatic heterocycles. The third-order valence-electron chi connectivity index (χ3n) is 3.09. The number of hydrogen-bond acceptors (Lipinski definition) is 2. The molecule has 0 bridgehead atoms. The van der Waals surface area contributed by atoms with Crippen molar-refractivity contribution in [1.82, 2.24) is 9.97 Å². The van der Waals surface area contributed by atoms with Gasteiger partial charge in [-0.3, -0.25) is 4.79 Å². The number of carbonyl (C=O) groups is 1. The van der Waals surface area contributed by atoms with Gasteiger partial charge in [0.2, 0.25) is 5.91 Å². The minimum atomic E-state index is -0.273. The standard InChI is InChI=1S/C15H12BrN3O2/c16-10-7-12-13(19-15(21)18-12)8-11(10)17-14(20)6-9-4-2-1-3-5-9/h1-5,7-8H,6H2,(H,17,20)(H2,18,19,21). The Morgan fingerprint density at radius 2 is 1.76 bits per heavy atom. The van der Waals surface area contributed by atoms with Crippen LogP contribution in [0.15, 0.2) is 51.7 Å². The van der Waals surface area contributed by atoms with E-state index in [1.165, 1.54) is 0 Å². The van der Waals surface area contributed by atoms with Crippen LogP contribution in [0.25, 0.3) is 11.0 Å². The predicted molar refractivity (Wildman–Crippen MR) is 85.4 cm³/mol. The Kier molecular flexibility index (Phi) is 3.62. The van der Waals surface area contributed by atoms with Gasteiger partial charge < -0.3 is 15.3 Å². The Balaban J connectivity index is 1.82. The lowest BCUT2D eigenvalue weighted by atomic mass is 10.1. The molecule has 2 aromatic carbocycles. The average molecular weight is 346 g/mol. The van der Waals surface area contributed by atoms with Crippen molar-refractivity contribution in [3.63, 3.8) is 0 Å². The molecule has 0 unspecified atom stereocenters. The minimum Gasteiger partial charge on any atom is -0.325 e. The molecule has 6 heteroatoms. The smallest absolute Gasteiger partial charge is 0.323 e. The Morgan fingerprint density at radius 1 is 1.10 bits per heavy atom. The van der Waals surface area contributed by atoms with E-state index in [-0.39, 0.29) is 11.6 Å². The van der Waals surface area contributed by atoms with E-state index >= 15 is 0 Å². The highest BCUT2D eigenvalue weighted by molar-refractivity contribution is 9.10. The molecule has 0 atom stereocenters. The number of halogens is 1. The van der Waals surface area contributed by atoms with Crippen molar-refractivity contribution in [2.45, 2.75) is 6.42 Å². The molecule has 3 N–H and O–H groups in total. The number of hydrogen-bond donors (Lipinski definition) is 3. The van der Waals surface area contributed by atoms with Crippen LogP contribution >= 0.6 is 15.9 Å². The Labute approximate surface area is 128 Å². The van der Waals surface area contributed by atoms with Gasteiger partial charge in [-0.2, -0.15) is 0 Å². The van der Waals surface area contributed by atoms with Crippen LogP contribution in [0.1, 0.15) is 5.56 Å². The zero-order valence-corrected chi connectivity index (χ0v) is 12.5. The maximum Gasteiger partial charge on any atom is 0.323 e. The molecule has 0 aliphatic rings. The summed E-state index contributed by atoms with van der Waals surface area (Å²) < 4.78 is 0.715. The van der Waals surface area contributed by atoms with Gasteiger partial charge in [0.05, 0.1) is 23.1 Å². The third kappa shape index (κ3) is 3.05. The van der Waals surface area contributed by atoms with E-state index in [2.05, 4.69) is 31.2 Å². The van der Waals surface area contributed by atoms with Crippen LogP contribution in [0.5, 0.6) is 0 Å². The second-order valence-corrected chi connectivity index (χ2v) is 5.52. The molecule has 1 amide bonds. The number of imidazole rings is 1. The van der Waals surface area contributed by atoms with Gasteiger partial charge in [0, 0.05) is 4.47 Å². The zero-order valence-electron chi connectivity index (χ0n) is 10.9. The number of nitrogens with one attached hydrogen (secondary N) is 3. The number of fused-ring (bicyclic) bond motifs is 1. The highest BCUT2D eigenvalue weighted by Gasteiger charge is 2.09. The van der Waals surface area contributed by atoms with Gasteiger partial charge in [-0.25, -0.2) is 4.79 Å². The number of rotatable bonds is 3. The summed E-state index contributed by atoms with van der Waals surface area (Å²) in [5.74, 6) is -0.112. The van der Waals surface area contributed by atoms with Crippen molar-refractivity contribution in [3.05, 3.63) is 63.0 Å². The summed E-state index contributed by atoms with van der Waals surface area (Å²) in [5.41, 5.74) is 2.64. The average Bonchev–Trinajstić information content (AvgIpc) is 2.79.